The number of benzene rings is 2. The molecule has 0 radical (unpaired) electrons. The third-order valence-electron chi connectivity index (χ3n) is 4.02. The van der Waals surface area contributed by atoms with Gasteiger partial charge in [0.25, 0.3) is 0 Å². The lowest BCUT2D eigenvalue weighted by Gasteiger charge is -2.05. The molecule has 1 aliphatic carbocycles. The average Bonchev–Trinajstić information content (AvgIpc) is 3.24. The van der Waals surface area contributed by atoms with Gasteiger partial charge in [0.15, 0.2) is 9.84 Å². The van der Waals surface area contributed by atoms with Crippen LogP contribution >= 0.6 is 35.4 Å². The molecule has 0 saturated heterocycles. The van der Waals surface area contributed by atoms with E-state index in [1.54, 1.807) is 30.3 Å². The molecule has 7 heteroatoms. The molecule has 1 aliphatic rings. The Kier molecular flexibility index (Phi) is 4.40. The first-order chi connectivity index (χ1) is 10.8. The van der Waals surface area contributed by atoms with Crippen molar-refractivity contribution in [3.8, 4) is 0 Å². The topological polar surface area (TPSA) is 60.2 Å². The molecule has 1 fully saturated rings. The summed E-state index contributed by atoms with van der Waals surface area (Å²) in [5, 5.41) is 0.371. The van der Waals surface area contributed by atoms with E-state index in [1.807, 2.05) is 6.07 Å². The van der Waals surface area contributed by atoms with Gasteiger partial charge in [-0.2, -0.15) is 0 Å². The van der Waals surface area contributed by atoms with Crippen LogP contribution in [0.25, 0.3) is 0 Å². The molecule has 0 aromatic heterocycles. The van der Waals surface area contributed by atoms with E-state index in [2.05, 4.69) is 0 Å². The standard InChI is InChI=1S/C16H13Cl2NO2S2/c17-10-4-6-12(7-5-10)23(20,21)15-13(14(15)16(19)22)9-2-1-3-11(18)8-9/h1-8,13-15H,(H2,19,22)/t13-,14-,15-/m0/s1. The van der Waals surface area contributed by atoms with Crippen molar-refractivity contribution in [2.45, 2.75) is 16.1 Å². The summed E-state index contributed by atoms with van der Waals surface area (Å²) < 4.78 is 25.8. The molecule has 0 spiro atoms. The Morgan fingerprint density at radius 3 is 2.26 bits per heavy atom. The number of hydrogen-bond donors (Lipinski definition) is 1. The Morgan fingerprint density at radius 1 is 1.04 bits per heavy atom. The molecule has 0 heterocycles. The Hall–Kier alpha value is -1.14. The smallest absolute Gasteiger partial charge is 0.182 e. The van der Waals surface area contributed by atoms with Crippen molar-refractivity contribution in [3.05, 3.63) is 64.1 Å². The maximum absolute atomic E-state index is 12.9. The normalized spacial score (nSPS) is 23.5. The van der Waals surface area contributed by atoms with Crippen molar-refractivity contribution >= 4 is 50.2 Å². The monoisotopic (exact) mass is 385 g/mol. The van der Waals surface area contributed by atoms with Crippen LogP contribution in [0, 0.1) is 5.92 Å². The lowest BCUT2D eigenvalue weighted by atomic mass is 10.1. The van der Waals surface area contributed by atoms with Gasteiger partial charge in [0.1, 0.15) is 0 Å². The summed E-state index contributed by atoms with van der Waals surface area (Å²) in [7, 11) is -3.56. The van der Waals surface area contributed by atoms with Crippen molar-refractivity contribution in [1.29, 1.82) is 0 Å². The summed E-state index contributed by atoms with van der Waals surface area (Å²) in [6.45, 7) is 0. The van der Waals surface area contributed by atoms with Gasteiger partial charge in [-0.3, -0.25) is 0 Å². The maximum atomic E-state index is 12.9. The second-order valence-electron chi connectivity index (χ2n) is 5.47. The van der Waals surface area contributed by atoms with Crippen molar-refractivity contribution in [1.82, 2.24) is 0 Å². The van der Waals surface area contributed by atoms with Gasteiger partial charge in [0.2, 0.25) is 0 Å². The number of sulfone groups is 1. The molecule has 2 N–H and O–H groups in total. The van der Waals surface area contributed by atoms with Crippen LogP contribution in [0.3, 0.4) is 0 Å². The Morgan fingerprint density at radius 2 is 1.70 bits per heavy atom. The molecule has 0 amide bonds. The summed E-state index contributed by atoms with van der Waals surface area (Å²) in [4.78, 5) is 0.426. The van der Waals surface area contributed by atoms with E-state index in [9.17, 15) is 8.42 Å². The van der Waals surface area contributed by atoms with E-state index in [1.165, 1.54) is 12.1 Å². The van der Waals surface area contributed by atoms with Gasteiger partial charge in [0.05, 0.1) is 15.1 Å². The van der Waals surface area contributed by atoms with Crippen LogP contribution in [0.2, 0.25) is 10.0 Å². The van der Waals surface area contributed by atoms with Gasteiger partial charge in [0, 0.05) is 21.9 Å². The van der Waals surface area contributed by atoms with E-state index >= 15 is 0 Å². The molecule has 120 valence electrons. The molecule has 0 unspecified atom stereocenters. The zero-order valence-corrected chi connectivity index (χ0v) is 15.0. The van der Waals surface area contributed by atoms with Gasteiger partial charge >= 0.3 is 0 Å². The van der Waals surface area contributed by atoms with Crippen LogP contribution in [0.15, 0.2) is 53.4 Å². The zero-order chi connectivity index (χ0) is 16.8. The lowest BCUT2D eigenvalue weighted by molar-refractivity contribution is 0.593. The van der Waals surface area contributed by atoms with Crippen molar-refractivity contribution in [2.75, 3.05) is 0 Å². The Bertz CT molecular complexity index is 866. The van der Waals surface area contributed by atoms with E-state index in [4.69, 9.17) is 41.2 Å². The summed E-state index contributed by atoms with van der Waals surface area (Å²) in [6.07, 6.45) is 0. The number of halogens is 2. The van der Waals surface area contributed by atoms with Crippen LogP contribution in [0.5, 0.6) is 0 Å². The van der Waals surface area contributed by atoms with Gasteiger partial charge < -0.3 is 5.73 Å². The van der Waals surface area contributed by atoms with E-state index in [0.717, 1.165) is 5.56 Å². The van der Waals surface area contributed by atoms with Crippen LogP contribution in [0.1, 0.15) is 11.5 Å². The largest absolute Gasteiger partial charge is 0.393 e. The molecule has 2 aromatic rings. The average molecular weight is 386 g/mol. The van der Waals surface area contributed by atoms with Crippen LogP contribution in [0.4, 0.5) is 0 Å². The molecular formula is C16H13Cl2NO2S2. The summed E-state index contributed by atoms with van der Waals surface area (Å²) >= 11 is 16.9. The fourth-order valence-corrected chi connectivity index (χ4v) is 5.76. The predicted molar refractivity (Wildman–Crippen MR) is 96.9 cm³/mol. The summed E-state index contributed by atoms with van der Waals surface area (Å²) in [5.74, 6) is -0.656. The first kappa shape index (κ1) is 16.7. The van der Waals surface area contributed by atoms with Crippen LogP contribution < -0.4 is 5.73 Å². The molecule has 3 atom stereocenters. The molecule has 3 nitrogen and oxygen atoms in total. The fourth-order valence-electron chi connectivity index (χ4n) is 2.90. The van der Waals surface area contributed by atoms with E-state index in [0.29, 0.717) is 10.0 Å². The minimum atomic E-state index is -3.56. The van der Waals surface area contributed by atoms with Crippen molar-refractivity contribution < 1.29 is 8.42 Å². The number of thiocarbonyl (C=S) groups is 1. The minimum Gasteiger partial charge on any atom is -0.393 e. The minimum absolute atomic E-state index is 0.206. The molecule has 1 saturated carbocycles. The highest BCUT2D eigenvalue weighted by Crippen LogP contribution is 2.54. The van der Waals surface area contributed by atoms with Crippen molar-refractivity contribution in [2.24, 2.45) is 11.7 Å². The second-order valence-corrected chi connectivity index (χ2v) is 8.92. The quantitative estimate of drug-likeness (QED) is 0.812. The molecule has 2 aromatic carbocycles. The predicted octanol–water partition coefficient (Wildman–Crippen LogP) is 3.84. The first-order valence-corrected chi connectivity index (χ1v) is 9.57. The van der Waals surface area contributed by atoms with Gasteiger partial charge in [-0.1, -0.05) is 47.6 Å². The maximum Gasteiger partial charge on any atom is 0.182 e. The highest BCUT2D eigenvalue weighted by Gasteiger charge is 2.60. The third-order valence-corrected chi connectivity index (χ3v) is 7.01. The third kappa shape index (κ3) is 3.11. The fraction of sp³-hybridized carbons (Fsp3) is 0.188. The van der Waals surface area contributed by atoms with Gasteiger partial charge in [-0.15, -0.1) is 0 Å². The zero-order valence-electron chi connectivity index (χ0n) is 11.8. The van der Waals surface area contributed by atoms with E-state index in [-0.39, 0.29) is 21.7 Å². The summed E-state index contributed by atoms with van der Waals surface area (Å²) in [5.41, 5.74) is 6.60. The van der Waals surface area contributed by atoms with Gasteiger partial charge in [-0.05, 0) is 42.0 Å². The molecular weight excluding hydrogens is 373 g/mol. The molecule has 0 bridgehead atoms. The Labute approximate surface area is 150 Å². The summed E-state index contributed by atoms with van der Waals surface area (Å²) in [6, 6.07) is 13.3. The Balaban J connectivity index is 2.00. The van der Waals surface area contributed by atoms with Crippen molar-refractivity contribution in [3.63, 3.8) is 0 Å². The highest BCUT2D eigenvalue weighted by atomic mass is 35.5. The number of rotatable bonds is 4. The highest BCUT2D eigenvalue weighted by molar-refractivity contribution is 7.92. The van der Waals surface area contributed by atoms with Gasteiger partial charge in [-0.25, -0.2) is 8.42 Å². The first-order valence-electron chi connectivity index (χ1n) is 6.86. The SMILES string of the molecule is NC(=S)[C@H]1[C@H](c2cccc(Cl)c2)[C@@H]1S(=O)(=O)c1ccc(Cl)cc1. The number of hydrogen-bond acceptors (Lipinski definition) is 3. The van der Waals surface area contributed by atoms with E-state index < -0.39 is 15.1 Å². The number of nitrogens with two attached hydrogens (primary N) is 1. The molecule has 3 rings (SSSR count). The molecule has 0 aliphatic heterocycles. The second kappa shape index (κ2) is 6.06. The molecule has 23 heavy (non-hydrogen) atoms. The van der Waals surface area contributed by atoms with Crippen LogP contribution in [-0.4, -0.2) is 18.7 Å². The van der Waals surface area contributed by atoms with Crippen LogP contribution in [-0.2, 0) is 9.84 Å². The lowest BCUT2D eigenvalue weighted by Crippen LogP contribution is -2.17.